The molecule has 0 saturated carbocycles. The second-order valence-electron chi connectivity index (χ2n) is 5.47. The summed E-state index contributed by atoms with van der Waals surface area (Å²) in [6.07, 6.45) is 0. The van der Waals surface area contributed by atoms with Gasteiger partial charge in [0.15, 0.2) is 0 Å². The zero-order chi connectivity index (χ0) is 19.3. The first-order chi connectivity index (χ1) is 12.3. The molecule has 2 aromatic rings. The summed E-state index contributed by atoms with van der Waals surface area (Å²) >= 11 is 11.6. The third-order valence-electron chi connectivity index (χ3n) is 3.65. The third-order valence-corrected chi connectivity index (χ3v) is 4.25. The second kappa shape index (κ2) is 8.96. The van der Waals surface area contributed by atoms with E-state index in [1.807, 2.05) is 0 Å². The molecule has 0 aromatic heterocycles. The number of hydrogen-bond acceptors (Lipinski definition) is 2. The van der Waals surface area contributed by atoms with Gasteiger partial charge in [0.1, 0.15) is 11.6 Å². The van der Waals surface area contributed by atoms with Gasteiger partial charge in [-0.05, 0) is 36.8 Å². The lowest BCUT2D eigenvalue weighted by Gasteiger charge is -2.21. The molecule has 1 N–H and O–H groups in total. The highest BCUT2D eigenvalue weighted by molar-refractivity contribution is 6.36. The smallest absolute Gasteiger partial charge is 0.255 e. The molecule has 0 spiro atoms. The number of benzene rings is 2. The molecule has 0 unspecified atom stereocenters. The number of hydrogen-bond donors (Lipinski definition) is 1. The minimum atomic E-state index is -0.767. The predicted octanol–water partition coefficient (Wildman–Crippen LogP) is 4.05. The van der Waals surface area contributed by atoms with Gasteiger partial charge in [-0.1, -0.05) is 35.3 Å². The number of carbonyl (C=O) groups is 2. The Hall–Kier alpha value is -2.18. The predicted molar refractivity (Wildman–Crippen MR) is 96.2 cm³/mol. The summed E-state index contributed by atoms with van der Waals surface area (Å²) < 4.78 is 26.5. The van der Waals surface area contributed by atoms with Crippen molar-refractivity contribution in [2.24, 2.45) is 0 Å². The molecule has 0 heterocycles. The summed E-state index contributed by atoms with van der Waals surface area (Å²) in [5, 5.41) is 2.46. The maximum Gasteiger partial charge on any atom is 0.255 e. The number of rotatable bonds is 6. The van der Waals surface area contributed by atoms with Gasteiger partial charge in [-0.15, -0.1) is 0 Å². The van der Waals surface area contributed by atoms with Crippen LogP contribution < -0.4 is 5.32 Å². The number of halogens is 4. The van der Waals surface area contributed by atoms with Gasteiger partial charge in [-0.25, -0.2) is 8.78 Å². The number of nitrogens with zero attached hydrogens (tertiary/aromatic N) is 1. The zero-order valence-electron chi connectivity index (χ0n) is 13.9. The van der Waals surface area contributed by atoms with Gasteiger partial charge in [-0.3, -0.25) is 9.59 Å². The minimum Gasteiger partial charge on any atom is -0.350 e. The van der Waals surface area contributed by atoms with E-state index in [-0.39, 0.29) is 41.1 Å². The first-order valence-corrected chi connectivity index (χ1v) is 8.52. The Morgan fingerprint density at radius 2 is 1.73 bits per heavy atom. The average Bonchev–Trinajstić information content (AvgIpc) is 2.61. The Labute approximate surface area is 159 Å². The molecule has 26 heavy (non-hydrogen) atoms. The quantitative estimate of drug-likeness (QED) is 0.743. The van der Waals surface area contributed by atoms with E-state index in [4.69, 9.17) is 23.2 Å². The molecule has 0 aliphatic heterocycles. The van der Waals surface area contributed by atoms with Crippen LogP contribution in [-0.2, 0) is 11.3 Å². The van der Waals surface area contributed by atoms with Crippen LogP contribution in [0, 0.1) is 11.6 Å². The average molecular weight is 401 g/mol. The van der Waals surface area contributed by atoms with E-state index in [0.717, 1.165) is 17.7 Å². The van der Waals surface area contributed by atoms with Crippen LogP contribution in [0.4, 0.5) is 8.78 Å². The summed E-state index contributed by atoms with van der Waals surface area (Å²) in [5.74, 6) is -2.12. The first kappa shape index (κ1) is 20.1. The maximum atomic E-state index is 13.6. The van der Waals surface area contributed by atoms with Crippen molar-refractivity contribution in [2.45, 2.75) is 13.5 Å². The van der Waals surface area contributed by atoms with Gasteiger partial charge in [0.2, 0.25) is 5.91 Å². The number of amides is 2. The molecule has 2 amide bonds. The molecule has 0 aliphatic carbocycles. The van der Waals surface area contributed by atoms with Crippen molar-refractivity contribution in [3.05, 3.63) is 69.2 Å². The minimum absolute atomic E-state index is 0.00608. The summed E-state index contributed by atoms with van der Waals surface area (Å²) in [5.41, 5.74) is 0.652. The van der Waals surface area contributed by atoms with Crippen molar-refractivity contribution in [3.63, 3.8) is 0 Å². The van der Waals surface area contributed by atoms with Crippen LogP contribution in [-0.4, -0.2) is 29.8 Å². The lowest BCUT2D eigenvalue weighted by atomic mass is 10.2. The Morgan fingerprint density at radius 1 is 1.08 bits per heavy atom. The molecule has 0 radical (unpaired) electrons. The zero-order valence-corrected chi connectivity index (χ0v) is 15.4. The molecule has 4 nitrogen and oxygen atoms in total. The molecule has 0 saturated heterocycles. The third kappa shape index (κ3) is 5.16. The largest absolute Gasteiger partial charge is 0.350 e. The van der Waals surface area contributed by atoms with Crippen molar-refractivity contribution in [2.75, 3.05) is 13.1 Å². The van der Waals surface area contributed by atoms with Crippen LogP contribution in [0.15, 0.2) is 36.4 Å². The standard InChI is InChI=1S/C18H16Cl2F2N2O2/c1-2-24(18(26)13-7-16(22)15(20)8-14(13)19)10-17(25)23-9-11-3-5-12(21)6-4-11/h3-8H,2,9-10H2,1H3,(H,23,25). The monoisotopic (exact) mass is 400 g/mol. The van der Waals surface area contributed by atoms with E-state index >= 15 is 0 Å². The summed E-state index contributed by atoms with van der Waals surface area (Å²) in [7, 11) is 0. The van der Waals surface area contributed by atoms with Crippen LogP contribution in [0.25, 0.3) is 0 Å². The van der Waals surface area contributed by atoms with Gasteiger partial charge in [-0.2, -0.15) is 0 Å². The van der Waals surface area contributed by atoms with Crippen molar-refractivity contribution < 1.29 is 18.4 Å². The van der Waals surface area contributed by atoms with E-state index in [0.29, 0.717) is 0 Å². The van der Waals surface area contributed by atoms with E-state index in [2.05, 4.69) is 5.32 Å². The Kier molecular flexibility index (Phi) is 6.94. The molecule has 8 heteroatoms. The van der Waals surface area contributed by atoms with Gasteiger partial charge < -0.3 is 10.2 Å². The highest BCUT2D eigenvalue weighted by Gasteiger charge is 2.21. The Morgan fingerprint density at radius 3 is 2.35 bits per heavy atom. The van der Waals surface area contributed by atoms with Crippen LogP contribution in [0.3, 0.4) is 0 Å². The van der Waals surface area contributed by atoms with Crippen molar-refractivity contribution in [3.8, 4) is 0 Å². The fourth-order valence-electron chi connectivity index (χ4n) is 2.22. The molecule has 0 bridgehead atoms. The highest BCUT2D eigenvalue weighted by Crippen LogP contribution is 2.25. The molecule has 0 fully saturated rings. The van der Waals surface area contributed by atoms with E-state index < -0.39 is 17.6 Å². The SMILES string of the molecule is CCN(CC(=O)NCc1ccc(F)cc1)C(=O)c1cc(F)c(Cl)cc1Cl. The fourth-order valence-corrected chi connectivity index (χ4v) is 2.68. The fraction of sp³-hybridized carbons (Fsp3) is 0.222. The highest BCUT2D eigenvalue weighted by atomic mass is 35.5. The summed E-state index contributed by atoms with van der Waals surface area (Å²) in [6.45, 7) is 1.88. The number of likely N-dealkylation sites (N-methyl/N-ethyl adjacent to an activating group) is 1. The van der Waals surface area contributed by atoms with Crippen LogP contribution in [0.1, 0.15) is 22.8 Å². The second-order valence-corrected chi connectivity index (χ2v) is 6.28. The molecule has 2 aromatic carbocycles. The molecular weight excluding hydrogens is 385 g/mol. The summed E-state index contributed by atoms with van der Waals surface area (Å²) in [4.78, 5) is 25.8. The topological polar surface area (TPSA) is 49.4 Å². The lowest BCUT2D eigenvalue weighted by Crippen LogP contribution is -2.40. The van der Waals surface area contributed by atoms with Crippen molar-refractivity contribution in [1.29, 1.82) is 0 Å². The van der Waals surface area contributed by atoms with Gasteiger partial charge in [0, 0.05) is 13.1 Å². The normalized spacial score (nSPS) is 10.5. The maximum absolute atomic E-state index is 13.6. The Bertz CT molecular complexity index is 814. The van der Waals surface area contributed by atoms with E-state index in [1.54, 1.807) is 19.1 Å². The van der Waals surface area contributed by atoms with Crippen LogP contribution in [0.2, 0.25) is 10.0 Å². The molecule has 0 atom stereocenters. The molecule has 138 valence electrons. The van der Waals surface area contributed by atoms with E-state index in [9.17, 15) is 18.4 Å². The van der Waals surface area contributed by atoms with Crippen molar-refractivity contribution in [1.82, 2.24) is 10.2 Å². The van der Waals surface area contributed by atoms with Gasteiger partial charge in [0.05, 0.1) is 22.2 Å². The molecular formula is C18H16Cl2F2N2O2. The molecule has 0 aliphatic rings. The number of nitrogens with one attached hydrogen (secondary N) is 1. The summed E-state index contributed by atoms with van der Waals surface area (Å²) in [6, 6.07) is 7.78. The van der Waals surface area contributed by atoms with Crippen LogP contribution in [0.5, 0.6) is 0 Å². The van der Waals surface area contributed by atoms with Crippen LogP contribution >= 0.6 is 23.2 Å². The Balaban J connectivity index is 2.01. The number of carbonyl (C=O) groups excluding carboxylic acids is 2. The van der Waals surface area contributed by atoms with Gasteiger partial charge in [0.25, 0.3) is 5.91 Å². The van der Waals surface area contributed by atoms with Crippen molar-refractivity contribution >= 4 is 35.0 Å². The molecule has 2 rings (SSSR count). The lowest BCUT2D eigenvalue weighted by molar-refractivity contribution is -0.121. The van der Waals surface area contributed by atoms with Gasteiger partial charge >= 0.3 is 0 Å². The van der Waals surface area contributed by atoms with E-state index in [1.165, 1.54) is 17.0 Å². The first-order valence-electron chi connectivity index (χ1n) is 7.76.